The van der Waals surface area contributed by atoms with Crippen LogP contribution in [0.2, 0.25) is 0 Å². The summed E-state index contributed by atoms with van der Waals surface area (Å²) in [7, 11) is 0. The lowest BCUT2D eigenvalue weighted by Crippen LogP contribution is -2.37. The van der Waals surface area contributed by atoms with Crippen molar-refractivity contribution in [2.24, 2.45) is 23.7 Å². The molecule has 0 N–H and O–H groups in total. The van der Waals surface area contributed by atoms with Crippen molar-refractivity contribution in [2.75, 3.05) is 26.4 Å². The summed E-state index contributed by atoms with van der Waals surface area (Å²) in [6.07, 6.45) is 26.7. The molecule has 54 heavy (non-hydrogen) atoms. The van der Waals surface area contributed by atoms with E-state index in [4.69, 9.17) is 28.4 Å². The lowest BCUT2D eigenvalue weighted by molar-refractivity contribution is -0.162. The average molecular weight is 763 g/mol. The number of ether oxygens (including phenoxy) is 6. The molecule has 0 bridgehead atoms. The maximum absolute atomic E-state index is 13.0. The van der Waals surface area contributed by atoms with Gasteiger partial charge in [0.2, 0.25) is 0 Å². The van der Waals surface area contributed by atoms with Crippen molar-refractivity contribution in [3.05, 3.63) is 0 Å². The van der Waals surface area contributed by atoms with E-state index < -0.39 is 23.7 Å². The minimum absolute atomic E-state index is 0.0755. The molecule has 4 fully saturated rings. The highest BCUT2D eigenvalue weighted by Gasteiger charge is 2.54. The summed E-state index contributed by atoms with van der Waals surface area (Å²) in [5.74, 6) is -3.00. The van der Waals surface area contributed by atoms with Gasteiger partial charge in [0.05, 0.1) is 74.5 Å². The molecule has 0 aromatic heterocycles. The van der Waals surface area contributed by atoms with Gasteiger partial charge in [0, 0.05) is 0 Å². The fourth-order valence-electron chi connectivity index (χ4n) is 8.39. The molecule has 2 saturated heterocycles. The normalized spacial score (nSPS) is 26.6. The Balaban J connectivity index is 0.976. The van der Waals surface area contributed by atoms with Crippen LogP contribution in [0.3, 0.4) is 0 Å². The molecule has 0 aromatic rings. The van der Waals surface area contributed by atoms with Crippen LogP contribution in [0.4, 0.5) is 0 Å². The zero-order chi connectivity index (χ0) is 38.4. The smallest absolute Gasteiger partial charge is 0.309 e. The van der Waals surface area contributed by atoms with Crippen molar-refractivity contribution in [2.45, 2.75) is 205 Å². The quantitative estimate of drug-likeness (QED) is 0.0291. The highest BCUT2D eigenvalue weighted by molar-refractivity contribution is 5.83. The molecule has 8 unspecified atom stereocenters. The molecular weight excluding hydrogens is 688 g/mol. The van der Waals surface area contributed by atoms with E-state index in [9.17, 15) is 19.2 Å². The third kappa shape index (κ3) is 16.5. The monoisotopic (exact) mass is 763 g/mol. The van der Waals surface area contributed by atoms with E-state index in [1.54, 1.807) is 0 Å². The fraction of sp³-hybridized carbons (Fsp3) is 0.909. The number of epoxide rings is 2. The van der Waals surface area contributed by atoms with E-state index in [2.05, 4.69) is 13.8 Å². The second-order valence-electron chi connectivity index (χ2n) is 16.5. The van der Waals surface area contributed by atoms with Gasteiger partial charge >= 0.3 is 23.9 Å². The first-order chi connectivity index (χ1) is 26.4. The largest absolute Gasteiger partial charge is 0.465 e. The molecule has 0 aromatic carbocycles. The van der Waals surface area contributed by atoms with Crippen LogP contribution in [-0.2, 0) is 47.6 Å². The van der Waals surface area contributed by atoms with Gasteiger partial charge in [0.15, 0.2) is 0 Å². The van der Waals surface area contributed by atoms with Gasteiger partial charge in [0.25, 0.3) is 0 Å². The van der Waals surface area contributed by atoms with Crippen molar-refractivity contribution in [3.8, 4) is 0 Å². The molecule has 0 radical (unpaired) electrons. The molecule has 4 rings (SSSR count). The Morgan fingerprint density at radius 3 is 0.778 bits per heavy atom. The number of hydrogen-bond acceptors (Lipinski definition) is 10. The number of carbonyl (C=O) groups is 4. The van der Waals surface area contributed by atoms with E-state index >= 15 is 0 Å². The SMILES string of the molecule is CCCCCCCCCOC(=O)C1CC2OC2CC1C(=O)OCCCCCCCCCCOC(=O)C1CC2OC2CC1C(=O)OCCCCCCCCC. The third-order valence-electron chi connectivity index (χ3n) is 12.0. The van der Waals surface area contributed by atoms with Crippen LogP contribution < -0.4 is 0 Å². The molecule has 10 nitrogen and oxygen atoms in total. The zero-order valence-corrected chi connectivity index (χ0v) is 33.9. The van der Waals surface area contributed by atoms with Gasteiger partial charge in [-0.15, -0.1) is 0 Å². The average Bonchev–Trinajstić information content (AvgIpc) is 4.11. The number of rotatable bonds is 31. The summed E-state index contributed by atoms with van der Waals surface area (Å²) in [5.41, 5.74) is 0. The fourth-order valence-corrected chi connectivity index (χ4v) is 8.39. The van der Waals surface area contributed by atoms with E-state index in [-0.39, 0.29) is 48.3 Å². The molecule has 8 atom stereocenters. The standard InChI is InChI=1S/C44H74O10/c1-3-5-7-9-13-17-21-25-49-41(45)33-29-37-39(53-37)31-35(33)43(47)51-27-23-19-15-11-12-16-20-24-28-52-44(48)36-32-40-38(54-40)30-34(36)42(46)50-26-22-18-14-10-8-6-4-2/h33-40H,3-32H2,1-2H3. The second-order valence-corrected chi connectivity index (χ2v) is 16.5. The third-order valence-corrected chi connectivity index (χ3v) is 12.0. The van der Waals surface area contributed by atoms with Crippen LogP contribution in [0.15, 0.2) is 0 Å². The Hall–Kier alpha value is -2.20. The van der Waals surface area contributed by atoms with Gasteiger partial charge in [-0.25, -0.2) is 0 Å². The first kappa shape index (κ1) is 44.5. The van der Waals surface area contributed by atoms with E-state index in [0.717, 1.165) is 77.0 Å². The van der Waals surface area contributed by atoms with E-state index in [1.807, 2.05) is 0 Å². The Morgan fingerprint density at radius 2 is 0.556 bits per heavy atom. The molecule has 2 aliphatic heterocycles. The molecule has 310 valence electrons. The highest BCUT2D eigenvalue weighted by Crippen LogP contribution is 2.45. The van der Waals surface area contributed by atoms with Crippen LogP contribution in [0.1, 0.15) is 181 Å². The highest BCUT2D eigenvalue weighted by atomic mass is 16.6. The maximum Gasteiger partial charge on any atom is 0.309 e. The number of fused-ring (bicyclic) bond motifs is 2. The van der Waals surface area contributed by atoms with Crippen LogP contribution in [-0.4, -0.2) is 74.7 Å². The van der Waals surface area contributed by atoms with Gasteiger partial charge in [-0.1, -0.05) is 129 Å². The maximum atomic E-state index is 13.0. The molecule has 2 aliphatic carbocycles. The first-order valence-corrected chi connectivity index (χ1v) is 22.4. The predicted molar refractivity (Wildman–Crippen MR) is 207 cm³/mol. The lowest BCUT2D eigenvalue weighted by atomic mass is 9.79. The Kier molecular flexibility index (Phi) is 21.3. The molecule has 0 amide bonds. The molecule has 0 spiro atoms. The van der Waals surface area contributed by atoms with Crippen LogP contribution >= 0.6 is 0 Å². The van der Waals surface area contributed by atoms with Crippen molar-refractivity contribution in [1.82, 2.24) is 0 Å². The topological polar surface area (TPSA) is 130 Å². The molecule has 2 saturated carbocycles. The van der Waals surface area contributed by atoms with Crippen LogP contribution in [0.5, 0.6) is 0 Å². The minimum atomic E-state index is -0.473. The van der Waals surface area contributed by atoms with Gasteiger partial charge in [0.1, 0.15) is 0 Å². The van der Waals surface area contributed by atoms with Gasteiger partial charge < -0.3 is 28.4 Å². The first-order valence-electron chi connectivity index (χ1n) is 22.4. The van der Waals surface area contributed by atoms with Crippen molar-refractivity contribution in [3.63, 3.8) is 0 Å². The zero-order valence-electron chi connectivity index (χ0n) is 33.9. The number of hydrogen-bond donors (Lipinski definition) is 0. The summed E-state index contributed by atoms with van der Waals surface area (Å²) in [4.78, 5) is 51.8. The molecule has 10 heteroatoms. The van der Waals surface area contributed by atoms with Gasteiger partial charge in [-0.05, 0) is 51.4 Å². The number of carbonyl (C=O) groups excluding carboxylic acids is 4. The molecular formula is C44H74O10. The van der Waals surface area contributed by atoms with E-state index in [1.165, 1.54) is 64.2 Å². The van der Waals surface area contributed by atoms with Crippen LogP contribution in [0, 0.1) is 23.7 Å². The number of unbranched alkanes of at least 4 members (excludes halogenated alkanes) is 19. The summed E-state index contributed by atoms with van der Waals surface area (Å²) in [6, 6.07) is 0. The van der Waals surface area contributed by atoms with Gasteiger partial charge in [-0.3, -0.25) is 19.2 Å². The Labute approximate surface area is 326 Å². The minimum Gasteiger partial charge on any atom is -0.465 e. The lowest BCUT2D eigenvalue weighted by Gasteiger charge is -2.26. The number of esters is 4. The van der Waals surface area contributed by atoms with E-state index in [0.29, 0.717) is 52.1 Å². The summed E-state index contributed by atoms with van der Waals surface area (Å²) >= 11 is 0. The summed E-state index contributed by atoms with van der Waals surface area (Å²) < 4.78 is 33.8. The second kappa shape index (κ2) is 25.9. The predicted octanol–water partition coefficient (Wildman–Crippen LogP) is 9.37. The van der Waals surface area contributed by atoms with Crippen molar-refractivity contribution >= 4 is 23.9 Å². The Bertz CT molecular complexity index is 1010. The summed E-state index contributed by atoms with van der Waals surface area (Å²) in [5, 5.41) is 0. The molecule has 4 aliphatic rings. The Morgan fingerprint density at radius 1 is 0.352 bits per heavy atom. The van der Waals surface area contributed by atoms with Crippen molar-refractivity contribution in [1.29, 1.82) is 0 Å². The van der Waals surface area contributed by atoms with Crippen LogP contribution in [0.25, 0.3) is 0 Å². The molecule has 2 heterocycles. The summed E-state index contributed by atoms with van der Waals surface area (Å²) in [6.45, 7) is 6.02. The van der Waals surface area contributed by atoms with Crippen molar-refractivity contribution < 1.29 is 47.6 Å². The van der Waals surface area contributed by atoms with Gasteiger partial charge in [-0.2, -0.15) is 0 Å².